The van der Waals surface area contributed by atoms with Crippen LogP contribution in [0, 0.1) is 6.92 Å². The summed E-state index contributed by atoms with van der Waals surface area (Å²) in [5.41, 5.74) is 1.70. The van der Waals surface area contributed by atoms with Crippen molar-refractivity contribution in [3.8, 4) is 0 Å². The predicted molar refractivity (Wildman–Crippen MR) is 58.0 cm³/mol. The number of aryl methyl sites for hydroxylation is 1. The molecule has 0 saturated heterocycles. The van der Waals surface area contributed by atoms with Crippen molar-refractivity contribution in [1.29, 1.82) is 0 Å². The van der Waals surface area contributed by atoms with Gasteiger partial charge in [0.2, 0.25) is 0 Å². The Morgan fingerprint density at radius 2 is 2.14 bits per heavy atom. The van der Waals surface area contributed by atoms with Crippen molar-refractivity contribution >= 4 is 21.8 Å². The molecule has 3 nitrogen and oxygen atoms in total. The quantitative estimate of drug-likeness (QED) is 0.762. The van der Waals surface area contributed by atoms with E-state index < -0.39 is 0 Å². The molecule has 1 rings (SSSR count). The van der Waals surface area contributed by atoms with Gasteiger partial charge in [0.05, 0.1) is 12.7 Å². The summed E-state index contributed by atoms with van der Waals surface area (Å²) in [6.45, 7) is 1.97. The van der Waals surface area contributed by atoms with Crippen LogP contribution in [-0.4, -0.2) is 25.1 Å². The third-order valence-corrected chi connectivity index (χ3v) is 2.57. The molecule has 1 aromatic rings. The normalized spacial score (nSPS) is 10.0. The predicted octanol–water partition coefficient (Wildman–Crippen LogP) is 2.39. The van der Waals surface area contributed by atoms with Gasteiger partial charge in [-0.2, -0.15) is 0 Å². The topological polar surface area (TPSA) is 29.5 Å². The fraction of sp³-hybridized carbons (Fsp3) is 0.300. The van der Waals surface area contributed by atoms with E-state index in [1.165, 1.54) is 12.2 Å². The van der Waals surface area contributed by atoms with Crippen molar-refractivity contribution in [1.82, 2.24) is 5.06 Å². The Bertz CT molecular complexity index is 352. The maximum Gasteiger partial charge on any atom is 0.278 e. The van der Waals surface area contributed by atoms with Gasteiger partial charge in [-0.1, -0.05) is 6.07 Å². The number of carbonyl (C=O) groups excluding carboxylic acids is 1. The van der Waals surface area contributed by atoms with Crippen LogP contribution in [0.4, 0.5) is 0 Å². The Labute approximate surface area is 91.7 Å². The van der Waals surface area contributed by atoms with E-state index in [9.17, 15) is 4.79 Å². The summed E-state index contributed by atoms with van der Waals surface area (Å²) in [5, 5.41) is 1.19. The first-order valence-corrected chi connectivity index (χ1v) is 4.94. The summed E-state index contributed by atoms with van der Waals surface area (Å²) in [6.07, 6.45) is 0. The minimum atomic E-state index is -0.167. The first-order chi connectivity index (χ1) is 6.56. The maximum absolute atomic E-state index is 11.7. The summed E-state index contributed by atoms with van der Waals surface area (Å²) in [6, 6.07) is 5.56. The second-order valence-electron chi connectivity index (χ2n) is 2.97. The van der Waals surface area contributed by atoms with Gasteiger partial charge >= 0.3 is 0 Å². The molecule has 0 spiro atoms. The van der Waals surface area contributed by atoms with Crippen molar-refractivity contribution in [2.45, 2.75) is 6.92 Å². The van der Waals surface area contributed by atoms with E-state index in [1.54, 1.807) is 13.1 Å². The van der Waals surface area contributed by atoms with E-state index in [2.05, 4.69) is 15.9 Å². The van der Waals surface area contributed by atoms with Crippen molar-refractivity contribution < 1.29 is 9.63 Å². The first-order valence-electron chi connectivity index (χ1n) is 4.14. The first kappa shape index (κ1) is 11.2. The number of hydrogen-bond acceptors (Lipinski definition) is 2. The van der Waals surface area contributed by atoms with E-state index in [4.69, 9.17) is 4.84 Å². The van der Waals surface area contributed by atoms with Crippen LogP contribution in [-0.2, 0) is 4.84 Å². The SMILES string of the molecule is CON(C)C(=O)c1ccc(C)cc1Br. The number of carbonyl (C=O) groups is 1. The molecule has 0 radical (unpaired) electrons. The van der Waals surface area contributed by atoms with Gasteiger partial charge in [-0.05, 0) is 40.5 Å². The molecule has 0 fully saturated rings. The lowest BCUT2D eigenvalue weighted by Gasteiger charge is -2.14. The number of amides is 1. The Balaban J connectivity index is 3.02. The van der Waals surface area contributed by atoms with Crippen molar-refractivity contribution in [3.05, 3.63) is 33.8 Å². The van der Waals surface area contributed by atoms with E-state index in [0.29, 0.717) is 5.56 Å². The molecule has 1 aromatic carbocycles. The number of nitrogens with zero attached hydrogens (tertiary/aromatic N) is 1. The molecule has 0 aliphatic rings. The van der Waals surface area contributed by atoms with Gasteiger partial charge in [0.15, 0.2) is 0 Å². The van der Waals surface area contributed by atoms with Crippen LogP contribution in [0.2, 0.25) is 0 Å². The summed E-state index contributed by atoms with van der Waals surface area (Å²) < 4.78 is 0.784. The molecule has 0 aliphatic carbocycles. The van der Waals surface area contributed by atoms with Crippen LogP contribution < -0.4 is 0 Å². The molecule has 76 valence electrons. The van der Waals surface area contributed by atoms with E-state index in [1.807, 2.05) is 19.1 Å². The van der Waals surface area contributed by atoms with E-state index in [-0.39, 0.29) is 5.91 Å². The minimum absolute atomic E-state index is 0.167. The van der Waals surface area contributed by atoms with Crippen molar-refractivity contribution in [3.63, 3.8) is 0 Å². The van der Waals surface area contributed by atoms with Gasteiger partial charge in [-0.3, -0.25) is 9.63 Å². The van der Waals surface area contributed by atoms with Gasteiger partial charge in [0.25, 0.3) is 5.91 Å². The molecule has 0 unspecified atom stereocenters. The molecular weight excluding hydrogens is 246 g/mol. The highest BCUT2D eigenvalue weighted by Crippen LogP contribution is 2.19. The van der Waals surface area contributed by atoms with Gasteiger partial charge in [-0.25, -0.2) is 5.06 Å². The van der Waals surface area contributed by atoms with Gasteiger partial charge in [0.1, 0.15) is 0 Å². The zero-order chi connectivity index (χ0) is 10.7. The Hall–Kier alpha value is -0.870. The average molecular weight is 258 g/mol. The standard InChI is InChI=1S/C10H12BrNO2/c1-7-4-5-8(9(11)6-7)10(13)12(2)14-3/h4-6H,1-3H3. The molecule has 14 heavy (non-hydrogen) atoms. The highest BCUT2D eigenvalue weighted by Gasteiger charge is 2.14. The van der Waals surface area contributed by atoms with Crippen LogP contribution in [0.15, 0.2) is 22.7 Å². The Morgan fingerprint density at radius 3 is 2.64 bits per heavy atom. The summed E-state index contributed by atoms with van der Waals surface area (Å²) in [7, 11) is 3.04. The van der Waals surface area contributed by atoms with Crippen molar-refractivity contribution in [2.24, 2.45) is 0 Å². The Morgan fingerprint density at radius 1 is 1.50 bits per heavy atom. The van der Waals surface area contributed by atoms with Gasteiger partial charge < -0.3 is 0 Å². The van der Waals surface area contributed by atoms with Crippen LogP contribution in [0.25, 0.3) is 0 Å². The second-order valence-corrected chi connectivity index (χ2v) is 3.82. The zero-order valence-corrected chi connectivity index (χ0v) is 9.96. The zero-order valence-electron chi connectivity index (χ0n) is 8.37. The molecule has 0 bridgehead atoms. The fourth-order valence-corrected chi connectivity index (χ4v) is 1.71. The number of hydrogen-bond donors (Lipinski definition) is 0. The third kappa shape index (κ3) is 2.33. The summed E-state index contributed by atoms with van der Waals surface area (Å²) >= 11 is 3.34. The maximum atomic E-state index is 11.7. The van der Waals surface area contributed by atoms with Gasteiger partial charge in [-0.15, -0.1) is 0 Å². The molecule has 4 heteroatoms. The summed E-state index contributed by atoms with van der Waals surface area (Å²) in [5.74, 6) is -0.167. The number of rotatable bonds is 2. The molecule has 0 N–H and O–H groups in total. The van der Waals surface area contributed by atoms with Crippen LogP contribution >= 0.6 is 15.9 Å². The van der Waals surface area contributed by atoms with Crippen molar-refractivity contribution in [2.75, 3.05) is 14.2 Å². The number of hydroxylamine groups is 2. The second kappa shape index (κ2) is 4.57. The number of benzene rings is 1. The molecule has 0 atom stereocenters. The molecule has 0 aliphatic heterocycles. The van der Waals surface area contributed by atoms with Crippen LogP contribution in [0.1, 0.15) is 15.9 Å². The third-order valence-electron chi connectivity index (χ3n) is 1.91. The fourth-order valence-electron chi connectivity index (χ4n) is 1.05. The summed E-state index contributed by atoms with van der Waals surface area (Å²) in [4.78, 5) is 16.5. The molecule has 0 heterocycles. The Kier molecular flexibility index (Phi) is 3.66. The number of halogens is 1. The molecular formula is C10H12BrNO2. The smallest absolute Gasteiger partial charge is 0.274 e. The lowest BCUT2D eigenvalue weighted by Crippen LogP contribution is -2.25. The largest absolute Gasteiger partial charge is 0.278 e. The van der Waals surface area contributed by atoms with Crippen LogP contribution in [0.5, 0.6) is 0 Å². The highest BCUT2D eigenvalue weighted by molar-refractivity contribution is 9.10. The molecule has 1 amide bonds. The average Bonchev–Trinajstić information content (AvgIpc) is 2.15. The monoisotopic (exact) mass is 257 g/mol. The lowest BCUT2D eigenvalue weighted by atomic mass is 10.1. The van der Waals surface area contributed by atoms with Crippen LogP contribution in [0.3, 0.4) is 0 Å². The minimum Gasteiger partial charge on any atom is -0.274 e. The van der Waals surface area contributed by atoms with E-state index >= 15 is 0 Å². The van der Waals surface area contributed by atoms with Gasteiger partial charge in [0, 0.05) is 11.5 Å². The van der Waals surface area contributed by atoms with E-state index in [0.717, 1.165) is 10.0 Å². The molecule has 0 saturated carbocycles. The molecule has 0 aromatic heterocycles. The lowest BCUT2D eigenvalue weighted by molar-refractivity contribution is -0.0757. The highest BCUT2D eigenvalue weighted by atomic mass is 79.9.